The Morgan fingerprint density at radius 2 is 1.45 bits per heavy atom. The summed E-state index contributed by atoms with van der Waals surface area (Å²) in [6.07, 6.45) is 9.02. The lowest BCUT2D eigenvalue weighted by Gasteiger charge is -2.40. The molecule has 154 valence electrons. The number of carbonyl (C=O) groups excluding carboxylic acids is 1. The van der Waals surface area contributed by atoms with Gasteiger partial charge in [0, 0.05) is 5.57 Å². The van der Waals surface area contributed by atoms with Crippen LogP contribution in [0.5, 0.6) is 5.75 Å². The molecule has 5 aliphatic carbocycles. The average Bonchev–Trinajstić information content (AvgIpc) is 3.46. The average molecular weight is 391 g/mol. The first-order valence-electron chi connectivity index (χ1n) is 11.9. The highest BCUT2D eigenvalue weighted by Crippen LogP contribution is 2.73. The SMILES string of the molecule is C=C(C)C(=O)Oc1c(C)cc(C2CC3C(C2)C2CC3C3C4CCC(C4)C23)cc1C. The van der Waals surface area contributed by atoms with Gasteiger partial charge >= 0.3 is 5.97 Å². The van der Waals surface area contributed by atoms with Crippen LogP contribution < -0.4 is 4.74 Å². The van der Waals surface area contributed by atoms with Gasteiger partial charge in [0.25, 0.3) is 0 Å². The lowest BCUT2D eigenvalue weighted by Crippen LogP contribution is -2.35. The zero-order valence-corrected chi connectivity index (χ0v) is 18.1. The first-order valence-corrected chi connectivity index (χ1v) is 11.9. The monoisotopic (exact) mass is 390 g/mol. The quantitative estimate of drug-likeness (QED) is 0.265. The fourth-order valence-electron chi connectivity index (χ4n) is 9.12. The molecule has 0 spiro atoms. The van der Waals surface area contributed by atoms with Crippen LogP contribution in [0.2, 0.25) is 0 Å². The first kappa shape index (κ1) is 18.2. The molecular formula is C27H34O2. The van der Waals surface area contributed by atoms with Gasteiger partial charge in [-0.15, -0.1) is 0 Å². The molecule has 8 unspecified atom stereocenters. The summed E-state index contributed by atoms with van der Waals surface area (Å²) in [5.41, 5.74) is 4.11. The number of benzene rings is 1. The van der Waals surface area contributed by atoms with Crippen LogP contribution in [0.3, 0.4) is 0 Å². The fraction of sp³-hybridized carbons (Fsp3) is 0.667. The minimum Gasteiger partial charge on any atom is -0.423 e. The van der Waals surface area contributed by atoms with Crippen molar-refractivity contribution in [2.45, 2.75) is 65.2 Å². The summed E-state index contributed by atoms with van der Waals surface area (Å²) in [4.78, 5) is 12.0. The molecule has 4 bridgehead atoms. The molecule has 0 saturated heterocycles. The molecule has 0 aliphatic heterocycles. The molecular weight excluding hydrogens is 356 g/mol. The Balaban J connectivity index is 1.23. The van der Waals surface area contributed by atoms with Crippen LogP contribution in [0.4, 0.5) is 0 Å². The van der Waals surface area contributed by atoms with Crippen molar-refractivity contribution in [1.82, 2.24) is 0 Å². The van der Waals surface area contributed by atoms with E-state index in [2.05, 4.69) is 32.6 Å². The Bertz CT molecular complexity index is 845. The molecule has 0 heterocycles. The van der Waals surface area contributed by atoms with Crippen LogP contribution in [0.15, 0.2) is 24.3 Å². The standard InChI is InChI=1S/C27H34O2/c1-13(2)27(28)29-26-14(3)7-18(8-15(26)4)19-10-20-21(11-19)23-12-22(20)24-16-5-6-17(9-16)25(23)24/h7-8,16-17,19-25H,1,5-6,9-12H2,2-4H3. The molecule has 5 saturated carbocycles. The molecule has 2 heteroatoms. The minimum atomic E-state index is -0.322. The maximum Gasteiger partial charge on any atom is 0.338 e. The van der Waals surface area contributed by atoms with E-state index in [0.29, 0.717) is 11.5 Å². The van der Waals surface area contributed by atoms with Crippen LogP contribution in [0.1, 0.15) is 68.1 Å². The zero-order valence-electron chi connectivity index (χ0n) is 18.1. The molecule has 0 N–H and O–H groups in total. The van der Waals surface area contributed by atoms with Crippen LogP contribution in [-0.2, 0) is 4.79 Å². The van der Waals surface area contributed by atoms with Crippen molar-refractivity contribution in [2.24, 2.45) is 47.3 Å². The van der Waals surface area contributed by atoms with Crippen LogP contribution in [0.25, 0.3) is 0 Å². The van der Waals surface area contributed by atoms with Gasteiger partial charge in [-0.25, -0.2) is 4.79 Å². The van der Waals surface area contributed by atoms with E-state index in [9.17, 15) is 4.79 Å². The van der Waals surface area contributed by atoms with E-state index >= 15 is 0 Å². The third-order valence-electron chi connectivity index (χ3n) is 9.84. The number of ether oxygens (including phenoxy) is 1. The van der Waals surface area contributed by atoms with Gasteiger partial charge in [0.2, 0.25) is 0 Å². The Kier molecular flexibility index (Phi) is 3.91. The predicted molar refractivity (Wildman–Crippen MR) is 115 cm³/mol. The number of hydrogen-bond acceptors (Lipinski definition) is 2. The molecule has 0 aromatic heterocycles. The number of rotatable bonds is 3. The van der Waals surface area contributed by atoms with Crippen molar-refractivity contribution in [2.75, 3.05) is 0 Å². The highest BCUT2D eigenvalue weighted by Gasteiger charge is 2.66. The summed E-state index contributed by atoms with van der Waals surface area (Å²) in [5.74, 6) is 9.58. The number of aryl methyl sites for hydroxylation is 2. The van der Waals surface area contributed by atoms with Gasteiger partial charge < -0.3 is 4.74 Å². The van der Waals surface area contributed by atoms with E-state index in [0.717, 1.165) is 64.2 Å². The summed E-state index contributed by atoms with van der Waals surface area (Å²) in [6, 6.07) is 4.60. The molecule has 6 rings (SSSR count). The van der Waals surface area contributed by atoms with E-state index in [1.807, 2.05) is 0 Å². The lowest BCUT2D eigenvalue weighted by atomic mass is 9.64. The normalized spacial score (nSPS) is 43.5. The van der Waals surface area contributed by atoms with E-state index in [-0.39, 0.29) is 5.97 Å². The molecule has 5 aliphatic rings. The maximum atomic E-state index is 12.0. The third-order valence-corrected chi connectivity index (χ3v) is 9.84. The number of fused-ring (bicyclic) bond motifs is 12. The largest absolute Gasteiger partial charge is 0.423 e. The Hall–Kier alpha value is -1.57. The van der Waals surface area contributed by atoms with Gasteiger partial charge in [0.1, 0.15) is 5.75 Å². The number of hydrogen-bond donors (Lipinski definition) is 0. The second kappa shape index (κ2) is 6.22. The van der Waals surface area contributed by atoms with Crippen molar-refractivity contribution in [1.29, 1.82) is 0 Å². The van der Waals surface area contributed by atoms with E-state index in [4.69, 9.17) is 4.74 Å². The van der Waals surface area contributed by atoms with E-state index < -0.39 is 0 Å². The second-order valence-corrected chi connectivity index (χ2v) is 11.2. The van der Waals surface area contributed by atoms with E-state index in [1.165, 1.54) is 18.4 Å². The molecule has 0 radical (unpaired) electrons. The molecule has 2 nitrogen and oxygen atoms in total. The Labute approximate surface area is 175 Å². The van der Waals surface area contributed by atoms with Crippen molar-refractivity contribution >= 4 is 5.97 Å². The smallest absolute Gasteiger partial charge is 0.338 e. The van der Waals surface area contributed by atoms with Gasteiger partial charge in [0.15, 0.2) is 0 Å². The summed E-state index contributed by atoms with van der Waals surface area (Å²) >= 11 is 0. The molecule has 8 atom stereocenters. The van der Waals surface area contributed by atoms with Crippen molar-refractivity contribution in [3.8, 4) is 5.75 Å². The summed E-state index contributed by atoms with van der Waals surface area (Å²) < 4.78 is 5.62. The Morgan fingerprint density at radius 3 is 1.97 bits per heavy atom. The highest BCUT2D eigenvalue weighted by molar-refractivity contribution is 5.89. The third kappa shape index (κ3) is 2.50. The molecule has 1 aromatic rings. The van der Waals surface area contributed by atoms with Crippen molar-refractivity contribution < 1.29 is 9.53 Å². The van der Waals surface area contributed by atoms with Crippen LogP contribution in [-0.4, -0.2) is 5.97 Å². The summed E-state index contributed by atoms with van der Waals surface area (Å²) in [5, 5.41) is 0. The second-order valence-electron chi connectivity index (χ2n) is 11.2. The summed E-state index contributed by atoms with van der Waals surface area (Å²) in [6.45, 7) is 9.58. The Morgan fingerprint density at radius 1 is 0.897 bits per heavy atom. The number of carbonyl (C=O) groups is 1. The summed E-state index contributed by atoms with van der Waals surface area (Å²) in [7, 11) is 0. The van der Waals surface area contributed by atoms with Crippen molar-refractivity contribution in [3.05, 3.63) is 41.0 Å². The molecule has 29 heavy (non-hydrogen) atoms. The molecule has 0 amide bonds. The van der Waals surface area contributed by atoms with Gasteiger partial charge in [-0.05, 0) is 129 Å². The van der Waals surface area contributed by atoms with Gasteiger partial charge in [0.05, 0.1) is 0 Å². The lowest BCUT2D eigenvalue weighted by molar-refractivity contribution is -0.130. The van der Waals surface area contributed by atoms with Gasteiger partial charge in [-0.1, -0.05) is 18.7 Å². The van der Waals surface area contributed by atoms with Gasteiger partial charge in [-0.2, -0.15) is 0 Å². The van der Waals surface area contributed by atoms with Crippen LogP contribution >= 0.6 is 0 Å². The minimum absolute atomic E-state index is 0.322. The van der Waals surface area contributed by atoms with Crippen LogP contribution in [0, 0.1) is 61.2 Å². The molecule has 5 fully saturated rings. The highest BCUT2D eigenvalue weighted by atomic mass is 16.5. The zero-order chi connectivity index (χ0) is 20.0. The molecule has 1 aromatic carbocycles. The first-order chi connectivity index (χ1) is 13.9. The maximum absolute atomic E-state index is 12.0. The van der Waals surface area contributed by atoms with Gasteiger partial charge in [-0.3, -0.25) is 0 Å². The van der Waals surface area contributed by atoms with Crippen molar-refractivity contribution in [3.63, 3.8) is 0 Å². The topological polar surface area (TPSA) is 26.3 Å². The fourth-order valence-corrected chi connectivity index (χ4v) is 9.12. The predicted octanol–water partition coefficient (Wildman–Crippen LogP) is 6.21. The van der Waals surface area contributed by atoms with E-state index in [1.54, 1.807) is 32.6 Å². The number of esters is 1.